The van der Waals surface area contributed by atoms with Gasteiger partial charge in [-0.15, -0.1) is 0 Å². The van der Waals surface area contributed by atoms with E-state index >= 15 is 0 Å². The molecular weight excluding hydrogens is 488 g/mol. The lowest BCUT2D eigenvalue weighted by Gasteiger charge is -2.32. The molecule has 2 aliphatic rings. The molecule has 1 atom stereocenters. The van der Waals surface area contributed by atoms with E-state index in [1.165, 1.54) is 23.3 Å². The predicted octanol–water partition coefficient (Wildman–Crippen LogP) is 6.15. The van der Waals surface area contributed by atoms with E-state index in [9.17, 15) is 9.59 Å². The van der Waals surface area contributed by atoms with E-state index in [0.717, 1.165) is 17.1 Å². The van der Waals surface area contributed by atoms with E-state index < -0.39 is 5.97 Å². The normalized spacial score (nSPS) is 20.3. The molecule has 0 spiro atoms. The number of nitrogens with zero attached hydrogens (tertiary/aromatic N) is 2. The second-order valence-corrected chi connectivity index (χ2v) is 10.9. The number of esters is 1. The van der Waals surface area contributed by atoms with Gasteiger partial charge in [0.05, 0.1) is 12.6 Å². The molecule has 2 aliphatic heterocycles. The topological polar surface area (TPSA) is 70.1 Å². The number of carboxylic acid groups (broad SMARTS) is 1. The van der Waals surface area contributed by atoms with Gasteiger partial charge in [-0.05, 0) is 36.3 Å². The van der Waals surface area contributed by atoms with Crippen LogP contribution in [0.5, 0.6) is 0 Å². The highest BCUT2D eigenvalue weighted by Gasteiger charge is 2.43. The average molecular weight is 527 g/mol. The number of allylic oxidation sites excluding steroid dienone is 3. The SMILES string of the molecule is CCOC(=O)/C=C/CN1c2ccccc2C(C)(C)C1/C=C/C=C1/N(CC=CC(=O)O)c2ccccc2C1(C)C. The second-order valence-electron chi connectivity index (χ2n) is 10.9. The molecule has 0 fully saturated rings. The van der Waals surface area contributed by atoms with Gasteiger partial charge in [-0.3, -0.25) is 0 Å². The van der Waals surface area contributed by atoms with Crippen molar-refractivity contribution in [2.24, 2.45) is 0 Å². The number of carboxylic acids is 1. The van der Waals surface area contributed by atoms with Crippen LogP contribution in [0.15, 0.2) is 96.8 Å². The standard InChI is InChI=1S/C33H38N2O4/c1-6-39-31(38)21-13-23-35-27-17-10-8-15-25(27)33(4,5)29(35)19-11-18-28-32(2,3)24-14-7-9-16-26(24)34(28)22-12-20-30(36)37/h7-21,29H,6,22-23H2,1-5H3,(H,36,37)/b19-11+,20-12?,21-13+,28-18+. The smallest absolute Gasteiger partial charge is 0.330 e. The summed E-state index contributed by atoms with van der Waals surface area (Å²) < 4.78 is 5.05. The number of hydrogen-bond donors (Lipinski definition) is 1. The molecule has 0 aromatic heterocycles. The van der Waals surface area contributed by atoms with Crippen molar-refractivity contribution < 1.29 is 19.4 Å². The second kappa shape index (κ2) is 11.4. The fraction of sp³-hybridized carbons (Fsp3) is 0.333. The molecule has 6 heteroatoms. The number of aliphatic carboxylic acids is 1. The maximum absolute atomic E-state index is 11.9. The maximum Gasteiger partial charge on any atom is 0.330 e. The molecule has 0 amide bonds. The van der Waals surface area contributed by atoms with Crippen molar-refractivity contribution in [1.82, 2.24) is 0 Å². The van der Waals surface area contributed by atoms with Crippen molar-refractivity contribution in [2.75, 3.05) is 29.5 Å². The molecule has 1 N–H and O–H groups in total. The van der Waals surface area contributed by atoms with Crippen LogP contribution < -0.4 is 9.80 Å². The summed E-state index contributed by atoms with van der Waals surface area (Å²) in [6.45, 7) is 12.1. The molecule has 2 heterocycles. The quantitative estimate of drug-likeness (QED) is 0.312. The summed E-state index contributed by atoms with van der Waals surface area (Å²) in [6.07, 6.45) is 12.8. The first kappa shape index (κ1) is 28.0. The Kier molecular flexibility index (Phi) is 8.14. The highest BCUT2D eigenvalue weighted by molar-refractivity contribution is 5.82. The Hall–Kier alpha value is -4.06. The third-order valence-electron chi connectivity index (χ3n) is 7.72. The predicted molar refractivity (Wildman–Crippen MR) is 157 cm³/mol. The van der Waals surface area contributed by atoms with Crippen molar-refractivity contribution in [3.05, 3.63) is 108 Å². The lowest BCUT2D eigenvalue weighted by Crippen LogP contribution is -2.40. The summed E-state index contributed by atoms with van der Waals surface area (Å²) in [7, 11) is 0. The Morgan fingerprint density at radius 3 is 2.26 bits per heavy atom. The number of hydrogen-bond acceptors (Lipinski definition) is 5. The van der Waals surface area contributed by atoms with Crippen LogP contribution in [0.2, 0.25) is 0 Å². The molecule has 2 aromatic rings. The van der Waals surface area contributed by atoms with Crippen molar-refractivity contribution in [3.8, 4) is 0 Å². The number of rotatable bonds is 9. The van der Waals surface area contributed by atoms with Gasteiger partial charge in [-0.2, -0.15) is 0 Å². The summed E-state index contributed by atoms with van der Waals surface area (Å²) in [4.78, 5) is 27.5. The highest BCUT2D eigenvalue weighted by atomic mass is 16.5. The maximum atomic E-state index is 11.9. The largest absolute Gasteiger partial charge is 0.478 e. The van der Waals surface area contributed by atoms with Gasteiger partial charge < -0.3 is 19.6 Å². The zero-order chi connectivity index (χ0) is 28.2. The minimum atomic E-state index is -0.952. The van der Waals surface area contributed by atoms with Crippen LogP contribution in [-0.4, -0.2) is 42.8 Å². The Balaban J connectivity index is 1.67. The van der Waals surface area contributed by atoms with Gasteiger partial charge in [-0.25, -0.2) is 9.59 Å². The van der Waals surface area contributed by atoms with Crippen LogP contribution in [0, 0.1) is 0 Å². The molecule has 4 rings (SSSR count). The number of ether oxygens (including phenoxy) is 1. The average Bonchev–Trinajstić information content (AvgIpc) is 3.24. The summed E-state index contributed by atoms with van der Waals surface area (Å²) in [5.74, 6) is -1.28. The number of benzene rings is 2. The molecule has 0 bridgehead atoms. The lowest BCUT2D eigenvalue weighted by atomic mass is 9.80. The minimum absolute atomic E-state index is 0.0610. The van der Waals surface area contributed by atoms with E-state index in [1.54, 1.807) is 13.0 Å². The van der Waals surface area contributed by atoms with Crippen molar-refractivity contribution in [1.29, 1.82) is 0 Å². The molecule has 204 valence electrons. The first-order chi connectivity index (χ1) is 18.6. The molecular formula is C33H38N2O4. The molecule has 0 saturated heterocycles. The van der Waals surface area contributed by atoms with E-state index in [1.807, 2.05) is 24.3 Å². The van der Waals surface area contributed by atoms with Gasteiger partial charge >= 0.3 is 11.9 Å². The number of anilines is 2. The summed E-state index contributed by atoms with van der Waals surface area (Å²) >= 11 is 0. The summed E-state index contributed by atoms with van der Waals surface area (Å²) in [5, 5.41) is 9.11. The number of carbonyl (C=O) groups is 2. The van der Waals surface area contributed by atoms with Crippen molar-refractivity contribution >= 4 is 23.3 Å². The van der Waals surface area contributed by atoms with Crippen LogP contribution in [0.25, 0.3) is 0 Å². The van der Waals surface area contributed by atoms with Gasteiger partial charge in [0.25, 0.3) is 0 Å². The summed E-state index contributed by atoms with van der Waals surface area (Å²) in [6, 6.07) is 16.8. The molecule has 2 aromatic carbocycles. The third kappa shape index (κ3) is 5.56. The zero-order valence-electron chi connectivity index (χ0n) is 23.4. The molecule has 0 saturated carbocycles. The van der Waals surface area contributed by atoms with Gasteiger partial charge in [0, 0.05) is 53.1 Å². The van der Waals surface area contributed by atoms with Crippen molar-refractivity contribution in [2.45, 2.75) is 51.5 Å². The number of para-hydroxylation sites is 2. The molecule has 0 aliphatic carbocycles. The van der Waals surface area contributed by atoms with Crippen molar-refractivity contribution in [3.63, 3.8) is 0 Å². The van der Waals surface area contributed by atoms with Gasteiger partial charge in [0.2, 0.25) is 0 Å². The lowest BCUT2D eigenvalue weighted by molar-refractivity contribution is -0.137. The van der Waals surface area contributed by atoms with Gasteiger partial charge in [0.15, 0.2) is 0 Å². The fourth-order valence-corrected chi connectivity index (χ4v) is 5.83. The number of fused-ring (bicyclic) bond motifs is 2. The summed E-state index contributed by atoms with van der Waals surface area (Å²) in [5.41, 5.74) is 5.45. The first-order valence-corrected chi connectivity index (χ1v) is 13.4. The monoisotopic (exact) mass is 526 g/mol. The van der Waals surface area contributed by atoms with Crippen LogP contribution in [0.3, 0.4) is 0 Å². The highest BCUT2D eigenvalue weighted by Crippen LogP contribution is 2.48. The van der Waals surface area contributed by atoms with Crippen LogP contribution >= 0.6 is 0 Å². The van der Waals surface area contributed by atoms with Gasteiger partial charge in [0.1, 0.15) is 0 Å². The molecule has 0 radical (unpaired) electrons. The zero-order valence-corrected chi connectivity index (χ0v) is 23.4. The first-order valence-electron chi connectivity index (χ1n) is 13.4. The van der Waals surface area contributed by atoms with Crippen LogP contribution in [-0.2, 0) is 25.2 Å². The Bertz CT molecular complexity index is 1350. The Morgan fingerprint density at radius 1 is 0.923 bits per heavy atom. The molecule has 1 unspecified atom stereocenters. The van der Waals surface area contributed by atoms with E-state index in [-0.39, 0.29) is 22.8 Å². The molecule has 39 heavy (non-hydrogen) atoms. The number of carbonyl (C=O) groups excluding carboxylic acids is 1. The Morgan fingerprint density at radius 2 is 1.56 bits per heavy atom. The van der Waals surface area contributed by atoms with E-state index in [0.29, 0.717) is 19.7 Å². The Labute approximate surface area is 231 Å². The van der Waals surface area contributed by atoms with E-state index in [4.69, 9.17) is 9.84 Å². The third-order valence-corrected chi connectivity index (χ3v) is 7.72. The molecule has 6 nitrogen and oxygen atoms in total. The van der Waals surface area contributed by atoms with E-state index in [2.05, 4.69) is 86.1 Å². The van der Waals surface area contributed by atoms with Gasteiger partial charge in [-0.1, -0.05) is 88.4 Å². The minimum Gasteiger partial charge on any atom is -0.478 e. The van der Waals surface area contributed by atoms with Crippen LogP contribution in [0.1, 0.15) is 45.7 Å². The van der Waals surface area contributed by atoms with Crippen LogP contribution in [0.4, 0.5) is 11.4 Å². The fourth-order valence-electron chi connectivity index (χ4n) is 5.83.